The number of benzene rings is 2. The van der Waals surface area contributed by atoms with Gasteiger partial charge in [-0.05, 0) is 48.6 Å². The quantitative estimate of drug-likeness (QED) is 0.736. The first-order chi connectivity index (χ1) is 12.2. The zero-order valence-corrected chi connectivity index (χ0v) is 14.3. The Hall–Kier alpha value is -2.37. The molecule has 0 unspecified atom stereocenters. The van der Waals surface area contributed by atoms with Crippen molar-refractivity contribution in [3.63, 3.8) is 0 Å². The average molecular weight is 356 g/mol. The average Bonchev–Trinajstić information content (AvgIpc) is 3.45. The van der Waals surface area contributed by atoms with Crippen LogP contribution in [0.1, 0.15) is 24.3 Å². The summed E-state index contributed by atoms with van der Waals surface area (Å²) in [6.07, 6.45) is 2.37. The van der Waals surface area contributed by atoms with E-state index in [1.165, 1.54) is 18.4 Å². The molecule has 1 aliphatic carbocycles. The minimum absolute atomic E-state index is 0.0308. The third kappa shape index (κ3) is 3.01. The lowest BCUT2D eigenvalue weighted by Crippen LogP contribution is -2.24. The number of hydrogen-bond acceptors (Lipinski definition) is 4. The number of hydrogen-bond donors (Lipinski definition) is 2. The molecule has 1 aromatic heterocycles. The van der Waals surface area contributed by atoms with E-state index in [4.69, 9.17) is 16.7 Å². The highest BCUT2D eigenvalue weighted by Gasteiger charge is 2.24. The van der Waals surface area contributed by atoms with E-state index in [1.807, 2.05) is 24.3 Å². The smallest absolute Gasteiger partial charge is 0.354 e. The van der Waals surface area contributed by atoms with Gasteiger partial charge in [0, 0.05) is 11.9 Å². The molecule has 3 aromatic rings. The highest BCUT2D eigenvalue weighted by atomic mass is 35.5. The molecule has 5 nitrogen and oxygen atoms in total. The number of fused-ring (bicyclic) bond motifs is 1. The second-order valence-electron chi connectivity index (χ2n) is 6.23. The molecule has 4 rings (SSSR count). The van der Waals surface area contributed by atoms with E-state index < -0.39 is 5.69 Å². The summed E-state index contributed by atoms with van der Waals surface area (Å²) < 4.78 is 1.56. The van der Waals surface area contributed by atoms with Gasteiger partial charge in [0.1, 0.15) is 5.82 Å². The number of aliphatic hydroxyl groups is 1. The van der Waals surface area contributed by atoms with Gasteiger partial charge in [0.25, 0.3) is 0 Å². The molecule has 2 N–H and O–H groups in total. The van der Waals surface area contributed by atoms with Gasteiger partial charge in [0.2, 0.25) is 0 Å². The van der Waals surface area contributed by atoms with E-state index in [9.17, 15) is 4.79 Å². The Kier molecular flexibility index (Phi) is 4.19. The van der Waals surface area contributed by atoms with Crippen molar-refractivity contribution in [2.24, 2.45) is 0 Å². The van der Waals surface area contributed by atoms with Crippen LogP contribution in [-0.4, -0.2) is 27.8 Å². The van der Waals surface area contributed by atoms with Crippen LogP contribution in [0, 0.1) is 0 Å². The molecule has 0 aliphatic heterocycles. The van der Waals surface area contributed by atoms with Crippen molar-refractivity contribution in [1.82, 2.24) is 9.55 Å². The van der Waals surface area contributed by atoms with E-state index in [0.717, 1.165) is 10.9 Å². The van der Waals surface area contributed by atoms with Crippen LogP contribution in [0.25, 0.3) is 16.6 Å². The maximum atomic E-state index is 12.8. The number of aromatic nitrogens is 2. The van der Waals surface area contributed by atoms with Gasteiger partial charge in [-0.1, -0.05) is 29.8 Å². The zero-order chi connectivity index (χ0) is 17.4. The number of nitrogens with zero attached hydrogens (tertiary/aromatic N) is 2. The van der Waals surface area contributed by atoms with Gasteiger partial charge in [-0.3, -0.25) is 4.57 Å². The Morgan fingerprint density at radius 3 is 2.76 bits per heavy atom. The second kappa shape index (κ2) is 6.50. The molecular weight excluding hydrogens is 338 g/mol. The molecule has 0 atom stereocenters. The van der Waals surface area contributed by atoms with Crippen LogP contribution in [0.4, 0.5) is 5.82 Å². The standard InChI is InChI=1S/C19H18ClN3O2/c20-15-3-1-2-4-16(15)23-17-11-13(12-5-6-12)7-8-14(17)18(21-9-10-24)22-19(23)25/h1-4,7-8,11-12,24H,5-6,9-10H2,(H,21,22,25). The van der Waals surface area contributed by atoms with Gasteiger partial charge < -0.3 is 10.4 Å². The van der Waals surface area contributed by atoms with Crippen molar-refractivity contribution < 1.29 is 5.11 Å². The predicted molar refractivity (Wildman–Crippen MR) is 99.9 cm³/mol. The third-order valence-corrected chi connectivity index (χ3v) is 4.78. The van der Waals surface area contributed by atoms with Crippen molar-refractivity contribution in [2.45, 2.75) is 18.8 Å². The van der Waals surface area contributed by atoms with Crippen molar-refractivity contribution in [2.75, 3.05) is 18.5 Å². The second-order valence-corrected chi connectivity index (χ2v) is 6.64. The predicted octanol–water partition coefficient (Wildman–Crippen LogP) is 3.32. The molecule has 25 heavy (non-hydrogen) atoms. The molecule has 1 aliphatic rings. The number of nitrogens with one attached hydrogen (secondary N) is 1. The van der Waals surface area contributed by atoms with Crippen LogP contribution in [-0.2, 0) is 0 Å². The van der Waals surface area contributed by atoms with Crippen molar-refractivity contribution in [3.05, 3.63) is 63.5 Å². The van der Waals surface area contributed by atoms with E-state index in [0.29, 0.717) is 29.0 Å². The van der Waals surface area contributed by atoms with E-state index in [1.54, 1.807) is 10.6 Å². The summed E-state index contributed by atoms with van der Waals surface area (Å²) in [7, 11) is 0. The van der Waals surface area contributed by atoms with Gasteiger partial charge >= 0.3 is 5.69 Å². The van der Waals surface area contributed by atoms with Crippen LogP contribution in [0.5, 0.6) is 0 Å². The van der Waals surface area contributed by atoms with Crippen molar-refractivity contribution in [3.8, 4) is 5.69 Å². The van der Waals surface area contributed by atoms with E-state index >= 15 is 0 Å². The fraction of sp³-hybridized carbons (Fsp3) is 0.263. The first kappa shape index (κ1) is 16.1. The summed E-state index contributed by atoms with van der Waals surface area (Å²) in [6.45, 7) is 0.305. The monoisotopic (exact) mass is 355 g/mol. The summed E-state index contributed by atoms with van der Waals surface area (Å²) >= 11 is 6.33. The SMILES string of the molecule is O=c1nc(NCCO)c2ccc(C3CC3)cc2n1-c1ccccc1Cl. The Bertz CT molecular complexity index is 996. The molecule has 6 heteroatoms. The molecular formula is C19H18ClN3O2. The van der Waals surface area contributed by atoms with Crippen molar-refractivity contribution >= 4 is 28.3 Å². The van der Waals surface area contributed by atoms with E-state index in [2.05, 4.69) is 22.4 Å². The Labute approximate surface area is 149 Å². The van der Waals surface area contributed by atoms with Gasteiger partial charge in [0.05, 0.1) is 22.8 Å². The lowest BCUT2D eigenvalue weighted by atomic mass is 10.1. The Morgan fingerprint density at radius 2 is 2.04 bits per heavy atom. The van der Waals surface area contributed by atoms with Crippen LogP contribution < -0.4 is 11.0 Å². The summed E-state index contributed by atoms with van der Waals surface area (Å²) in [5, 5.41) is 13.4. The van der Waals surface area contributed by atoms with Crippen LogP contribution in [0.15, 0.2) is 47.3 Å². The lowest BCUT2D eigenvalue weighted by molar-refractivity contribution is 0.311. The first-order valence-corrected chi connectivity index (χ1v) is 8.73. The maximum absolute atomic E-state index is 12.8. The number of anilines is 1. The summed E-state index contributed by atoms with van der Waals surface area (Å²) in [5.41, 5.74) is 2.23. The fourth-order valence-electron chi connectivity index (χ4n) is 3.09. The number of rotatable bonds is 5. The molecule has 128 valence electrons. The van der Waals surface area contributed by atoms with Gasteiger partial charge in [0.15, 0.2) is 0 Å². The fourth-order valence-corrected chi connectivity index (χ4v) is 3.31. The summed E-state index contributed by atoms with van der Waals surface area (Å²) in [4.78, 5) is 16.9. The van der Waals surface area contributed by atoms with Crippen LogP contribution in [0.2, 0.25) is 5.02 Å². The van der Waals surface area contributed by atoms with Crippen LogP contribution >= 0.6 is 11.6 Å². The number of halogens is 1. The minimum Gasteiger partial charge on any atom is -0.395 e. The summed E-state index contributed by atoms with van der Waals surface area (Å²) in [5.74, 6) is 1.06. The molecule has 1 saturated carbocycles. The number of para-hydroxylation sites is 1. The maximum Gasteiger partial charge on any atom is 0.354 e. The molecule has 0 saturated heterocycles. The van der Waals surface area contributed by atoms with E-state index in [-0.39, 0.29) is 6.61 Å². The Morgan fingerprint density at radius 1 is 1.24 bits per heavy atom. The van der Waals surface area contributed by atoms with Gasteiger partial charge in [-0.2, -0.15) is 4.98 Å². The topological polar surface area (TPSA) is 67.2 Å². The van der Waals surface area contributed by atoms with Gasteiger partial charge in [-0.25, -0.2) is 4.79 Å². The molecule has 2 aromatic carbocycles. The molecule has 0 amide bonds. The molecule has 1 fully saturated rings. The normalized spacial score (nSPS) is 14.0. The van der Waals surface area contributed by atoms with Gasteiger partial charge in [-0.15, -0.1) is 0 Å². The zero-order valence-electron chi connectivity index (χ0n) is 13.6. The highest BCUT2D eigenvalue weighted by molar-refractivity contribution is 6.32. The molecule has 0 bridgehead atoms. The lowest BCUT2D eigenvalue weighted by Gasteiger charge is -2.15. The third-order valence-electron chi connectivity index (χ3n) is 4.46. The molecule has 0 radical (unpaired) electrons. The van der Waals surface area contributed by atoms with Crippen molar-refractivity contribution in [1.29, 1.82) is 0 Å². The highest BCUT2D eigenvalue weighted by Crippen LogP contribution is 2.41. The van der Waals surface area contributed by atoms with Crippen LogP contribution in [0.3, 0.4) is 0 Å². The first-order valence-electron chi connectivity index (χ1n) is 8.35. The number of aliphatic hydroxyl groups excluding tert-OH is 1. The Balaban J connectivity index is 2.00. The summed E-state index contributed by atoms with van der Waals surface area (Å²) in [6, 6.07) is 13.4. The largest absolute Gasteiger partial charge is 0.395 e. The molecule has 0 spiro atoms. The molecule has 1 heterocycles. The minimum atomic E-state index is -0.394.